The van der Waals surface area contributed by atoms with Gasteiger partial charge < -0.3 is 10.1 Å². The fraction of sp³-hybridized carbons (Fsp3) is 0.500. The molecule has 0 radical (unpaired) electrons. The van der Waals surface area contributed by atoms with Crippen LogP contribution in [0.25, 0.3) is 0 Å². The van der Waals surface area contributed by atoms with Crippen LogP contribution in [0.2, 0.25) is 0 Å². The average molecular weight is 317 g/mol. The minimum atomic E-state index is -0.625. The van der Waals surface area contributed by atoms with E-state index in [1.807, 2.05) is 20.8 Å². The first kappa shape index (κ1) is 17.2. The number of nitrogens with one attached hydrogen (secondary N) is 1. The topological polar surface area (TPSA) is 72.5 Å². The molecule has 0 saturated heterocycles. The molecule has 2 rings (SSSR count). The lowest BCUT2D eigenvalue weighted by Gasteiger charge is -2.21. The summed E-state index contributed by atoms with van der Waals surface area (Å²) in [6.07, 6.45) is 2.21. The first-order valence-corrected chi connectivity index (χ1v) is 7.92. The van der Waals surface area contributed by atoms with E-state index >= 15 is 0 Å². The van der Waals surface area contributed by atoms with E-state index in [0.717, 1.165) is 12.8 Å². The molecule has 1 saturated carbocycles. The van der Waals surface area contributed by atoms with Gasteiger partial charge in [0.1, 0.15) is 0 Å². The zero-order chi connectivity index (χ0) is 17.0. The van der Waals surface area contributed by atoms with Crippen molar-refractivity contribution < 1.29 is 19.1 Å². The molecule has 0 aliphatic heterocycles. The molecule has 1 aromatic rings. The highest BCUT2D eigenvalue weighted by Gasteiger charge is 2.26. The molecule has 1 atom stereocenters. The number of esters is 1. The summed E-state index contributed by atoms with van der Waals surface area (Å²) in [5, 5.41) is 2.86. The van der Waals surface area contributed by atoms with E-state index in [9.17, 15) is 14.4 Å². The van der Waals surface area contributed by atoms with Gasteiger partial charge in [0.25, 0.3) is 5.91 Å². The number of benzene rings is 1. The zero-order valence-electron chi connectivity index (χ0n) is 13.8. The van der Waals surface area contributed by atoms with Gasteiger partial charge in [-0.2, -0.15) is 0 Å². The van der Waals surface area contributed by atoms with Crippen LogP contribution in [0.5, 0.6) is 0 Å². The smallest absolute Gasteiger partial charge is 0.338 e. The highest BCUT2D eigenvalue weighted by Crippen LogP contribution is 2.19. The number of hydrogen-bond donors (Lipinski definition) is 1. The maximum atomic E-state index is 12.1. The molecular weight excluding hydrogens is 294 g/mol. The minimum absolute atomic E-state index is 0.00854. The summed E-state index contributed by atoms with van der Waals surface area (Å²) in [6.45, 7) is 5.70. The van der Waals surface area contributed by atoms with Gasteiger partial charge in [-0.15, -0.1) is 0 Å². The van der Waals surface area contributed by atoms with Gasteiger partial charge in [-0.25, -0.2) is 4.79 Å². The number of ether oxygens (including phenoxy) is 1. The Morgan fingerprint density at radius 1 is 1.09 bits per heavy atom. The van der Waals surface area contributed by atoms with E-state index < -0.39 is 12.1 Å². The molecule has 0 aromatic heterocycles. The Hall–Kier alpha value is -2.17. The van der Waals surface area contributed by atoms with Crippen molar-refractivity contribution in [2.45, 2.75) is 58.1 Å². The number of carbonyl (C=O) groups is 3. The van der Waals surface area contributed by atoms with Gasteiger partial charge in [0.15, 0.2) is 11.9 Å². The van der Waals surface area contributed by atoms with Crippen LogP contribution in [0, 0.1) is 0 Å². The van der Waals surface area contributed by atoms with Crippen LogP contribution in [-0.4, -0.2) is 29.3 Å². The zero-order valence-corrected chi connectivity index (χ0v) is 13.8. The lowest BCUT2D eigenvalue weighted by Crippen LogP contribution is -2.40. The molecule has 1 amide bonds. The van der Waals surface area contributed by atoms with Crippen molar-refractivity contribution in [1.29, 1.82) is 0 Å². The first-order valence-electron chi connectivity index (χ1n) is 7.92. The second-order valence-corrected chi connectivity index (χ2v) is 6.89. The van der Waals surface area contributed by atoms with Crippen molar-refractivity contribution in [3.05, 3.63) is 35.4 Å². The Morgan fingerprint density at radius 2 is 1.70 bits per heavy atom. The van der Waals surface area contributed by atoms with E-state index in [1.165, 1.54) is 0 Å². The molecule has 1 aromatic carbocycles. The van der Waals surface area contributed by atoms with Gasteiger partial charge in [0, 0.05) is 17.5 Å². The van der Waals surface area contributed by atoms with Gasteiger partial charge in [-0.3, -0.25) is 9.59 Å². The predicted molar refractivity (Wildman–Crippen MR) is 86.3 cm³/mol. The number of rotatable bonds is 3. The molecule has 5 nitrogen and oxygen atoms in total. The molecule has 124 valence electrons. The van der Waals surface area contributed by atoms with Crippen molar-refractivity contribution in [1.82, 2.24) is 5.32 Å². The Bertz CT molecular complexity index is 598. The predicted octanol–water partition coefficient (Wildman–Crippen LogP) is 2.88. The monoisotopic (exact) mass is 317 g/mol. The van der Waals surface area contributed by atoms with Gasteiger partial charge in [-0.05, 0) is 64.3 Å². The molecule has 1 unspecified atom stereocenters. The first-order chi connectivity index (χ1) is 10.8. The van der Waals surface area contributed by atoms with Crippen molar-refractivity contribution in [3.63, 3.8) is 0 Å². The van der Waals surface area contributed by atoms with E-state index in [0.29, 0.717) is 24.0 Å². The largest absolute Gasteiger partial charge is 0.451 e. The van der Waals surface area contributed by atoms with Crippen molar-refractivity contribution in [2.24, 2.45) is 0 Å². The summed E-state index contributed by atoms with van der Waals surface area (Å²) in [7, 11) is 0. The molecule has 1 aliphatic carbocycles. The van der Waals surface area contributed by atoms with Crippen LogP contribution in [0.3, 0.4) is 0 Å². The number of ketones is 1. The normalized spacial score (nSPS) is 18.4. The van der Waals surface area contributed by atoms with E-state index in [1.54, 1.807) is 24.3 Å². The van der Waals surface area contributed by atoms with Crippen LogP contribution in [0.1, 0.15) is 67.2 Å². The quantitative estimate of drug-likeness (QED) is 0.870. The second kappa shape index (κ2) is 6.94. The van der Waals surface area contributed by atoms with Crippen LogP contribution >= 0.6 is 0 Å². The van der Waals surface area contributed by atoms with Crippen LogP contribution in [-0.2, 0) is 9.53 Å². The lowest BCUT2D eigenvalue weighted by molar-refractivity contribution is -0.129. The maximum Gasteiger partial charge on any atom is 0.338 e. The minimum Gasteiger partial charge on any atom is -0.451 e. The highest BCUT2D eigenvalue weighted by molar-refractivity contribution is 5.97. The van der Waals surface area contributed by atoms with Gasteiger partial charge in [0.05, 0.1) is 5.56 Å². The second-order valence-electron chi connectivity index (χ2n) is 6.89. The summed E-state index contributed by atoms with van der Waals surface area (Å²) < 4.78 is 5.28. The van der Waals surface area contributed by atoms with Crippen LogP contribution in [0.15, 0.2) is 24.3 Å². The summed E-state index contributed by atoms with van der Waals surface area (Å²) in [6, 6.07) is 6.27. The van der Waals surface area contributed by atoms with Crippen molar-refractivity contribution in [3.8, 4) is 0 Å². The summed E-state index contributed by atoms with van der Waals surface area (Å²) >= 11 is 0. The molecule has 0 heterocycles. The van der Waals surface area contributed by atoms with Gasteiger partial charge >= 0.3 is 5.97 Å². The Morgan fingerprint density at radius 3 is 2.26 bits per heavy atom. The van der Waals surface area contributed by atoms with Crippen molar-refractivity contribution >= 4 is 17.7 Å². The Balaban J connectivity index is 2.00. The third-order valence-corrected chi connectivity index (χ3v) is 3.62. The molecular formula is C18H23NO4. The van der Waals surface area contributed by atoms with E-state index in [4.69, 9.17) is 4.74 Å². The fourth-order valence-electron chi connectivity index (χ4n) is 2.44. The molecule has 1 N–H and O–H groups in total. The third-order valence-electron chi connectivity index (χ3n) is 3.62. The van der Waals surface area contributed by atoms with Crippen molar-refractivity contribution in [2.75, 3.05) is 0 Å². The van der Waals surface area contributed by atoms with Gasteiger partial charge in [0.2, 0.25) is 0 Å². The average Bonchev–Trinajstić information content (AvgIpc) is 2.48. The standard InChI is InChI=1S/C18H23NO4/c1-18(2,3)19-16(21)12-8-10-13(11-9-12)17(22)23-15-7-5-4-6-14(15)20/h8-11,15H,4-7H2,1-3H3,(H,19,21). The summed E-state index contributed by atoms with van der Waals surface area (Å²) in [5.74, 6) is -0.723. The molecule has 0 spiro atoms. The number of Topliss-reactive ketones (excluding diaryl/α,β-unsaturated/α-hetero) is 1. The molecule has 23 heavy (non-hydrogen) atoms. The molecule has 1 aliphatic rings. The van der Waals surface area contributed by atoms with Crippen LogP contribution < -0.4 is 5.32 Å². The number of amides is 1. The third kappa shape index (κ3) is 4.91. The lowest BCUT2D eigenvalue weighted by atomic mass is 9.96. The maximum absolute atomic E-state index is 12.1. The molecule has 5 heteroatoms. The van der Waals surface area contributed by atoms with E-state index in [-0.39, 0.29) is 17.2 Å². The number of carbonyl (C=O) groups excluding carboxylic acids is 3. The Kier molecular flexibility index (Phi) is 5.19. The fourth-order valence-corrected chi connectivity index (χ4v) is 2.44. The van der Waals surface area contributed by atoms with Gasteiger partial charge in [-0.1, -0.05) is 0 Å². The summed E-state index contributed by atoms with van der Waals surface area (Å²) in [4.78, 5) is 35.8. The number of hydrogen-bond acceptors (Lipinski definition) is 4. The van der Waals surface area contributed by atoms with E-state index in [2.05, 4.69) is 5.32 Å². The summed E-state index contributed by atoms with van der Waals surface area (Å²) in [5.41, 5.74) is 0.497. The molecule has 1 fully saturated rings. The van der Waals surface area contributed by atoms with Crippen LogP contribution in [0.4, 0.5) is 0 Å². The molecule has 0 bridgehead atoms. The SMILES string of the molecule is CC(C)(C)NC(=O)c1ccc(C(=O)OC2CCCCC2=O)cc1. The highest BCUT2D eigenvalue weighted by atomic mass is 16.5. The Labute approximate surface area is 136 Å².